The molecule has 0 bridgehead atoms. The third kappa shape index (κ3) is 3.55. The number of fused-ring (bicyclic) bond motifs is 1. The Balaban J connectivity index is 1.82. The standard InChI is InChI=1S/C23H17ClN2O/c1-15-11-12-17(24)13-21(15)26-23(27)19-14-22(16-7-3-2-4-8-16)25-20-10-6-5-9-18(19)20/h2-14H,1H3,(H,26,27). The van der Waals surface area contributed by atoms with E-state index >= 15 is 0 Å². The zero-order chi connectivity index (χ0) is 18.8. The molecule has 0 aliphatic heterocycles. The second-order valence-corrected chi connectivity index (χ2v) is 6.79. The normalized spacial score (nSPS) is 10.7. The Bertz CT molecular complexity index is 1140. The average Bonchev–Trinajstić information content (AvgIpc) is 2.70. The predicted octanol–water partition coefficient (Wildman–Crippen LogP) is 6.12. The van der Waals surface area contributed by atoms with E-state index in [0.717, 1.165) is 27.7 Å². The lowest BCUT2D eigenvalue weighted by atomic mass is 10.0. The van der Waals surface area contributed by atoms with Gasteiger partial charge in [0, 0.05) is 21.7 Å². The van der Waals surface area contributed by atoms with Gasteiger partial charge in [-0.15, -0.1) is 0 Å². The number of benzene rings is 3. The van der Waals surface area contributed by atoms with Crippen LogP contribution in [0.15, 0.2) is 78.9 Å². The number of halogens is 1. The Morgan fingerprint density at radius 3 is 2.48 bits per heavy atom. The quantitative estimate of drug-likeness (QED) is 0.471. The molecular formula is C23H17ClN2O. The molecule has 0 aliphatic rings. The number of aryl methyl sites for hydroxylation is 1. The molecule has 0 saturated heterocycles. The summed E-state index contributed by atoms with van der Waals surface area (Å²) in [4.78, 5) is 17.8. The minimum atomic E-state index is -0.184. The molecule has 1 amide bonds. The summed E-state index contributed by atoms with van der Waals surface area (Å²) in [6, 6.07) is 24.8. The van der Waals surface area contributed by atoms with Gasteiger partial charge < -0.3 is 5.32 Å². The molecule has 0 spiro atoms. The van der Waals surface area contributed by atoms with Crippen LogP contribution in [0.25, 0.3) is 22.2 Å². The lowest BCUT2D eigenvalue weighted by Crippen LogP contribution is -2.14. The molecule has 27 heavy (non-hydrogen) atoms. The van der Waals surface area contributed by atoms with E-state index in [-0.39, 0.29) is 5.91 Å². The van der Waals surface area contributed by atoms with Crippen LogP contribution in [0.2, 0.25) is 5.02 Å². The van der Waals surface area contributed by atoms with E-state index in [0.29, 0.717) is 16.3 Å². The molecule has 0 fully saturated rings. The number of hydrogen-bond acceptors (Lipinski definition) is 2. The number of amides is 1. The van der Waals surface area contributed by atoms with E-state index in [1.165, 1.54) is 0 Å². The summed E-state index contributed by atoms with van der Waals surface area (Å²) >= 11 is 6.09. The first kappa shape index (κ1) is 17.3. The van der Waals surface area contributed by atoms with Crippen LogP contribution in [-0.4, -0.2) is 10.9 Å². The van der Waals surface area contributed by atoms with E-state index in [9.17, 15) is 4.79 Å². The third-order valence-corrected chi connectivity index (χ3v) is 4.71. The molecule has 0 saturated carbocycles. The molecule has 1 N–H and O–H groups in total. The van der Waals surface area contributed by atoms with Gasteiger partial charge in [-0.1, -0.05) is 66.2 Å². The number of aromatic nitrogens is 1. The summed E-state index contributed by atoms with van der Waals surface area (Å²) in [5.74, 6) is -0.184. The SMILES string of the molecule is Cc1ccc(Cl)cc1NC(=O)c1cc(-c2ccccc2)nc2ccccc12. The first-order chi connectivity index (χ1) is 13.1. The van der Waals surface area contributed by atoms with Crippen molar-refractivity contribution in [2.75, 3.05) is 5.32 Å². The molecule has 132 valence electrons. The van der Waals surface area contributed by atoms with Crippen molar-refractivity contribution in [1.29, 1.82) is 0 Å². The molecule has 4 heteroatoms. The molecule has 0 atom stereocenters. The number of nitrogens with zero attached hydrogens (tertiary/aromatic N) is 1. The van der Waals surface area contributed by atoms with Gasteiger partial charge in [-0.25, -0.2) is 4.98 Å². The molecule has 0 unspecified atom stereocenters. The van der Waals surface area contributed by atoms with Gasteiger partial charge in [0.25, 0.3) is 5.91 Å². The number of anilines is 1. The zero-order valence-corrected chi connectivity index (χ0v) is 15.5. The number of hydrogen-bond donors (Lipinski definition) is 1. The van der Waals surface area contributed by atoms with Crippen LogP contribution in [0.3, 0.4) is 0 Å². The molecular weight excluding hydrogens is 356 g/mol. The highest BCUT2D eigenvalue weighted by Crippen LogP contribution is 2.27. The van der Waals surface area contributed by atoms with Crippen molar-refractivity contribution in [3.8, 4) is 11.3 Å². The van der Waals surface area contributed by atoms with Gasteiger partial charge in [-0.2, -0.15) is 0 Å². The Morgan fingerprint density at radius 1 is 0.926 bits per heavy atom. The van der Waals surface area contributed by atoms with Crippen molar-refractivity contribution < 1.29 is 4.79 Å². The van der Waals surface area contributed by atoms with Crippen molar-refractivity contribution in [2.24, 2.45) is 0 Å². The van der Waals surface area contributed by atoms with Gasteiger partial charge in [0.1, 0.15) is 0 Å². The monoisotopic (exact) mass is 372 g/mol. The Kier molecular flexibility index (Phi) is 4.61. The van der Waals surface area contributed by atoms with Crippen molar-refractivity contribution in [3.05, 3.63) is 95.0 Å². The molecule has 0 aliphatic carbocycles. The third-order valence-electron chi connectivity index (χ3n) is 4.48. The van der Waals surface area contributed by atoms with Gasteiger partial charge in [0.05, 0.1) is 16.8 Å². The smallest absolute Gasteiger partial charge is 0.256 e. The first-order valence-electron chi connectivity index (χ1n) is 8.64. The Hall–Kier alpha value is -3.17. The fraction of sp³-hybridized carbons (Fsp3) is 0.0435. The minimum Gasteiger partial charge on any atom is -0.322 e. The number of carbonyl (C=O) groups is 1. The summed E-state index contributed by atoms with van der Waals surface area (Å²) in [6.07, 6.45) is 0. The molecule has 3 aromatic carbocycles. The van der Waals surface area contributed by atoms with Crippen molar-refractivity contribution >= 4 is 34.1 Å². The maximum absolute atomic E-state index is 13.1. The predicted molar refractivity (Wildman–Crippen MR) is 111 cm³/mol. The summed E-state index contributed by atoms with van der Waals surface area (Å²) in [6.45, 7) is 1.94. The topological polar surface area (TPSA) is 42.0 Å². The van der Waals surface area contributed by atoms with Gasteiger partial charge >= 0.3 is 0 Å². The number of nitrogens with one attached hydrogen (secondary N) is 1. The molecule has 1 aromatic heterocycles. The van der Waals surface area contributed by atoms with E-state index in [1.807, 2.05) is 79.7 Å². The molecule has 4 rings (SSSR count). The van der Waals surface area contributed by atoms with Crippen LogP contribution in [0.1, 0.15) is 15.9 Å². The Labute approximate surface area is 162 Å². The average molecular weight is 373 g/mol. The molecule has 3 nitrogen and oxygen atoms in total. The lowest BCUT2D eigenvalue weighted by molar-refractivity contribution is 0.102. The second-order valence-electron chi connectivity index (χ2n) is 6.35. The minimum absolute atomic E-state index is 0.184. The van der Waals surface area contributed by atoms with Crippen LogP contribution in [-0.2, 0) is 0 Å². The summed E-state index contributed by atoms with van der Waals surface area (Å²) in [5, 5.41) is 4.38. The summed E-state index contributed by atoms with van der Waals surface area (Å²) < 4.78 is 0. The highest BCUT2D eigenvalue weighted by molar-refractivity contribution is 6.31. The van der Waals surface area contributed by atoms with Gasteiger partial charge in [0.15, 0.2) is 0 Å². The van der Waals surface area contributed by atoms with Crippen LogP contribution >= 0.6 is 11.6 Å². The van der Waals surface area contributed by atoms with Crippen LogP contribution in [0, 0.1) is 6.92 Å². The lowest BCUT2D eigenvalue weighted by Gasteiger charge is -2.12. The number of carbonyl (C=O) groups excluding carboxylic acids is 1. The van der Waals surface area contributed by atoms with Crippen LogP contribution in [0.5, 0.6) is 0 Å². The number of rotatable bonds is 3. The van der Waals surface area contributed by atoms with Crippen molar-refractivity contribution in [1.82, 2.24) is 4.98 Å². The van der Waals surface area contributed by atoms with Gasteiger partial charge in [-0.3, -0.25) is 4.79 Å². The summed E-state index contributed by atoms with van der Waals surface area (Å²) in [5.41, 5.74) is 4.76. The van der Waals surface area contributed by atoms with E-state index < -0.39 is 0 Å². The summed E-state index contributed by atoms with van der Waals surface area (Å²) in [7, 11) is 0. The van der Waals surface area contributed by atoms with Crippen LogP contribution in [0.4, 0.5) is 5.69 Å². The van der Waals surface area contributed by atoms with E-state index in [2.05, 4.69) is 5.32 Å². The van der Waals surface area contributed by atoms with Gasteiger partial charge in [0.2, 0.25) is 0 Å². The van der Waals surface area contributed by atoms with E-state index in [1.54, 1.807) is 6.07 Å². The first-order valence-corrected chi connectivity index (χ1v) is 9.02. The number of para-hydroxylation sites is 1. The van der Waals surface area contributed by atoms with Crippen molar-refractivity contribution in [3.63, 3.8) is 0 Å². The van der Waals surface area contributed by atoms with Gasteiger partial charge in [-0.05, 0) is 36.8 Å². The molecule has 1 heterocycles. The Morgan fingerprint density at radius 2 is 1.67 bits per heavy atom. The fourth-order valence-corrected chi connectivity index (χ4v) is 3.21. The number of pyridine rings is 1. The zero-order valence-electron chi connectivity index (χ0n) is 14.7. The maximum Gasteiger partial charge on any atom is 0.256 e. The largest absolute Gasteiger partial charge is 0.322 e. The second kappa shape index (κ2) is 7.22. The highest BCUT2D eigenvalue weighted by Gasteiger charge is 2.15. The van der Waals surface area contributed by atoms with Crippen molar-refractivity contribution in [2.45, 2.75) is 6.92 Å². The maximum atomic E-state index is 13.1. The van der Waals surface area contributed by atoms with E-state index in [4.69, 9.17) is 16.6 Å². The molecule has 4 aromatic rings. The highest BCUT2D eigenvalue weighted by atomic mass is 35.5. The fourth-order valence-electron chi connectivity index (χ4n) is 3.04. The van der Waals surface area contributed by atoms with Crippen LogP contribution < -0.4 is 5.32 Å². The molecule has 0 radical (unpaired) electrons.